The van der Waals surface area contributed by atoms with Crippen molar-refractivity contribution in [3.63, 3.8) is 0 Å². The highest BCUT2D eigenvalue weighted by atomic mass is 19.4. The van der Waals surface area contributed by atoms with E-state index in [1.54, 1.807) is 24.3 Å². The Balaban J connectivity index is 1.35. The molecule has 0 fully saturated rings. The predicted molar refractivity (Wildman–Crippen MR) is 133 cm³/mol. The summed E-state index contributed by atoms with van der Waals surface area (Å²) in [6.45, 7) is 6.05. The molecule has 192 valence electrons. The minimum absolute atomic E-state index is 0.323. The molecular formula is C27H25F3N4O3. The molecule has 1 heterocycles. The minimum Gasteiger partial charge on any atom is -0.441 e. The van der Waals surface area contributed by atoms with Crippen LogP contribution in [-0.2, 0) is 4.74 Å². The SMILES string of the molecule is CC(C)c1ccc(C(C)OC(=O)Nc2ccc(-c3ncn(-c4ccc(OC(F)(F)F)cc4)n3)cc2)cc1. The molecule has 4 rings (SSSR count). The summed E-state index contributed by atoms with van der Waals surface area (Å²) in [6.07, 6.45) is -4.29. The highest BCUT2D eigenvalue weighted by Crippen LogP contribution is 2.25. The Bertz CT molecular complexity index is 1330. The van der Waals surface area contributed by atoms with Crippen molar-refractivity contribution in [1.29, 1.82) is 0 Å². The third-order valence-electron chi connectivity index (χ3n) is 5.57. The summed E-state index contributed by atoms with van der Waals surface area (Å²) >= 11 is 0. The molecule has 0 radical (unpaired) electrons. The molecule has 0 saturated heterocycles. The van der Waals surface area contributed by atoms with E-state index in [4.69, 9.17) is 4.74 Å². The number of halogens is 3. The molecule has 0 aliphatic carbocycles. The van der Waals surface area contributed by atoms with E-state index in [1.807, 2.05) is 31.2 Å². The van der Waals surface area contributed by atoms with Crippen molar-refractivity contribution in [2.24, 2.45) is 0 Å². The van der Waals surface area contributed by atoms with Crippen LogP contribution in [0.25, 0.3) is 17.1 Å². The summed E-state index contributed by atoms with van der Waals surface area (Å²) in [7, 11) is 0. The number of nitrogens with zero attached hydrogens (tertiary/aromatic N) is 3. The van der Waals surface area contributed by atoms with E-state index < -0.39 is 18.6 Å². The molecule has 0 aliphatic heterocycles. The van der Waals surface area contributed by atoms with Crippen LogP contribution in [-0.4, -0.2) is 27.2 Å². The van der Waals surface area contributed by atoms with Crippen molar-refractivity contribution in [1.82, 2.24) is 14.8 Å². The summed E-state index contributed by atoms with van der Waals surface area (Å²) in [4.78, 5) is 16.6. The first-order valence-electron chi connectivity index (χ1n) is 11.5. The van der Waals surface area contributed by atoms with Gasteiger partial charge in [-0.1, -0.05) is 38.1 Å². The fraction of sp³-hybridized carbons (Fsp3) is 0.222. The number of hydrogen-bond donors (Lipinski definition) is 1. The van der Waals surface area contributed by atoms with Gasteiger partial charge < -0.3 is 9.47 Å². The van der Waals surface area contributed by atoms with E-state index in [2.05, 4.69) is 34.0 Å². The summed E-state index contributed by atoms with van der Waals surface area (Å²) in [5, 5.41) is 7.07. The third-order valence-corrected chi connectivity index (χ3v) is 5.57. The monoisotopic (exact) mass is 510 g/mol. The van der Waals surface area contributed by atoms with E-state index in [0.29, 0.717) is 28.7 Å². The standard InChI is InChI=1S/C27H25F3N4O3/c1-17(2)19-4-6-20(7-5-19)18(3)36-26(35)32-22-10-8-21(9-11-22)25-31-16-34(33-25)23-12-14-24(15-13-23)37-27(28,29)30/h4-18H,1-3H3,(H,32,35). The van der Waals surface area contributed by atoms with Gasteiger partial charge in [-0.25, -0.2) is 14.5 Å². The number of amides is 1. The van der Waals surface area contributed by atoms with Crippen LogP contribution in [0.5, 0.6) is 5.75 Å². The summed E-state index contributed by atoms with van der Waals surface area (Å²) in [5.74, 6) is 0.508. The number of rotatable bonds is 7. The van der Waals surface area contributed by atoms with E-state index in [0.717, 1.165) is 5.56 Å². The number of anilines is 1. The van der Waals surface area contributed by atoms with Crippen molar-refractivity contribution < 1.29 is 27.4 Å². The van der Waals surface area contributed by atoms with Crippen LogP contribution in [0.1, 0.15) is 43.9 Å². The number of hydrogen-bond acceptors (Lipinski definition) is 5. The molecule has 3 aromatic carbocycles. The van der Waals surface area contributed by atoms with Gasteiger partial charge in [-0.2, -0.15) is 0 Å². The maximum atomic E-state index is 12.4. The van der Waals surface area contributed by atoms with Crippen LogP contribution in [0.15, 0.2) is 79.1 Å². The van der Waals surface area contributed by atoms with Crippen molar-refractivity contribution >= 4 is 11.8 Å². The van der Waals surface area contributed by atoms with Crippen molar-refractivity contribution in [3.05, 3.63) is 90.3 Å². The zero-order valence-corrected chi connectivity index (χ0v) is 20.4. The van der Waals surface area contributed by atoms with Gasteiger partial charge in [0.05, 0.1) is 5.69 Å². The van der Waals surface area contributed by atoms with Crippen LogP contribution in [0.2, 0.25) is 0 Å². The fourth-order valence-corrected chi connectivity index (χ4v) is 3.55. The molecule has 0 spiro atoms. The molecule has 0 saturated carbocycles. The molecule has 1 atom stereocenters. The number of alkyl halides is 3. The molecule has 4 aromatic rings. The lowest BCUT2D eigenvalue weighted by Gasteiger charge is -2.15. The largest absolute Gasteiger partial charge is 0.573 e. The number of carbonyl (C=O) groups excluding carboxylic acids is 1. The van der Waals surface area contributed by atoms with Crippen LogP contribution in [0.4, 0.5) is 23.7 Å². The third kappa shape index (κ3) is 6.87. The minimum atomic E-state index is -4.75. The zero-order chi connectivity index (χ0) is 26.6. The zero-order valence-electron chi connectivity index (χ0n) is 20.4. The van der Waals surface area contributed by atoms with Crippen LogP contribution >= 0.6 is 0 Å². The number of aromatic nitrogens is 3. The maximum absolute atomic E-state index is 12.4. The summed E-state index contributed by atoms with van der Waals surface area (Å²) < 4.78 is 47.8. The highest BCUT2D eigenvalue weighted by Gasteiger charge is 2.31. The van der Waals surface area contributed by atoms with E-state index in [9.17, 15) is 18.0 Å². The highest BCUT2D eigenvalue weighted by molar-refractivity contribution is 5.85. The lowest BCUT2D eigenvalue weighted by atomic mass is 10.0. The molecule has 0 aliphatic rings. The number of ether oxygens (including phenoxy) is 2. The second kappa shape index (κ2) is 10.7. The molecule has 7 nitrogen and oxygen atoms in total. The van der Waals surface area contributed by atoms with Gasteiger partial charge in [0, 0.05) is 11.3 Å². The van der Waals surface area contributed by atoms with Gasteiger partial charge >= 0.3 is 12.5 Å². The van der Waals surface area contributed by atoms with Gasteiger partial charge in [0.1, 0.15) is 18.2 Å². The first-order chi connectivity index (χ1) is 17.6. The Morgan fingerprint density at radius 1 is 0.892 bits per heavy atom. The van der Waals surface area contributed by atoms with Gasteiger partial charge in [0.25, 0.3) is 0 Å². The second-order valence-corrected chi connectivity index (χ2v) is 8.63. The Labute approximate surface area is 211 Å². The lowest BCUT2D eigenvalue weighted by Crippen LogP contribution is -2.17. The molecule has 10 heteroatoms. The second-order valence-electron chi connectivity index (χ2n) is 8.63. The maximum Gasteiger partial charge on any atom is 0.573 e. The lowest BCUT2D eigenvalue weighted by molar-refractivity contribution is -0.274. The molecule has 1 unspecified atom stereocenters. The Hall–Kier alpha value is -4.34. The smallest absolute Gasteiger partial charge is 0.441 e. The average Bonchev–Trinajstić information content (AvgIpc) is 3.34. The van der Waals surface area contributed by atoms with E-state index in [1.165, 1.54) is 40.8 Å². The van der Waals surface area contributed by atoms with E-state index >= 15 is 0 Å². The summed E-state index contributed by atoms with van der Waals surface area (Å²) in [6, 6.07) is 20.1. The molecule has 37 heavy (non-hydrogen) atoms. The van der Waals surface area contributed by atoms with E-state index in [-0.39, 0.29) is 5.75 Å². The first kappa shape index (κ1) is 25.7. The topological polar surface area (TPSA) is 78.3 Å². The van der Waals surface area contributed by atoms with Gasteiger partial charge in [0.15, 0.2) is 5.82 Å². The summed E-state index contributed by atoms with van der Waals surface area (Å²) in [5.41, 5.74) is 3.86. The van der Waals surface area contributed by atoms with Crippen molar-refractivity contribution in [3.8, 4) is 22.8 Å². The van der Waals surface area contributed by atoms with Gasteiger partial charge in [-0.3, -0.25) is 5.32 Å². The van der Waals surface area contributed by atoms with Gasteiger partial charge in [-0.05, 0) is 72.5 Å². The Morgan fingerprint density at radius 3 is 2.11 bits per heavy atom. The average molecular weight is 511 g/mol. The van der Waals surface area contributed by atoms with Gasteiger partial charge in [-0.15, -0.1) is 18.3 Å². The molecule has 1 aromatic heterocycles. The quantitative estimate of drug-likeness (QED) is 0.283. The number of nitrogens with one attached hydrogen (secondary N) is 1. The molecule has 0 bridgehead atoms. The van der Waals surface area contributed by atoms with Crippen molar-refractivity contribution in [2.45, 2.75) is 39.2 Å². The predicted octanol–water partition coefficient (Wildman–Crippen LogP) is 7.27. The molecular weight excluding hydrogens is 485 g/mol. The molecule has 1 N–H and O–H groups in total. The van der Waals surface area contributed by atoms with Crippen LogP contribution < -0.4 is 10.1 Å². The van der Waals surface area contributed by atoms with Gasteiger partial charge in [0.2, 0.25) is 0 Å². The number of benzene rings is 3. The molecule has 1 amide bonds. The van der Waals surface area contributed by atoms with Crippen LogP contribution in [0, 0.1) is 0 Å². The first-order valence-corrected chi connectivity index (χ1v) is 11.5. The fourth-order valence-electron chi connectivity index (χ4n) is 3.55. The normalized spacial score (nSPS) is 12.3. The van der Waals surface area contributed by atoms with Crippen LogP contribution in [0.3, 0.4) is 0 Å². The Morgan fingerprint density at radius 2 is 1.51 bits per heavy atom. The number of carbonyl (C=O) groups is 1. The Kier molecular flexibility index (Phi) is 7.47. The van der Waals surface area contributed by atoms with Crippen molar-refractivity contribution in [2.75, 3.05) is 5.32 Å².